The quantitative estimate of drug-likeness (QED) is 0.597. The lowest BCUT2D eigenvalue weighted by Crippen LogP contribution is -2.46. The lowest BCUT2D eigenvalue weighted by atomic mass is 9.96. The van der Waals surface area contributed by atoms with Crippen LogP contribution in [0.3, 0.4) is 0 Å². The number of amides is 2. The van der Waals surface area contributed by atoms with Crippen molar-refractivity contribution in [3.63, 3.8) is 0 Å². The Balaban J connectivity index is 2.16. The Kier molecular flexibility index (Phi) is 2.90. The second-order valence-corrected chi connectivity index (χ2v) is 4.75. The number of carbonyl (C=O) groups is 3. The second-order valence-electron chi connectivity index (χ2n) is 4.75. The van der Waals surface area contributed by atoms with Crippen molar-refractivity contribution < 1.29 is 18.8 Å². The molecule has 2 aromatic carbocycles. The van der Waals surface area contributed by atoms with E-state index in [2.05, 4.69) is 0 Å². The average molecular weight is 283 g/mol. The highest BCUT2D eigenvalue weighted by atomic mass is 19.1. The van der Waals surface area contributed by atoms with Gasteiger partial charge in [-0.3, -0.25) is 14.4 Å². The number of benzene rings is 2. The van der Waals surface area contributed by atoms with Gasteiger partial charge in [-0.25, -0.2) is 9.29 Å². The molecule has 2 aromatic rings. The predicted octanol–water partition coefficient (Wildman–Crippen LogP) is 2.50. The fraction of sp³-hybridized carbons (Fsp3) is 0.0625. The number of hydrogen-bond acceptors (Lipinski definition) is 3. The molecule has 5 heteroatoms. The largest absolute Gasteiger partial charge is 0.306 e. The molecule has 0 spiro atoms. The van der Waals surface area contributed by atoms with Crippen molar-refractivity contribution in [3.05, 3.63) is 65.0 Å². The molecule has 0 unspecified atom stereocenters. The van der Waals surface area contributed by atoms with E-state index in [1.165, 1.54) is 31.2 Å². The van der Waals surface area contributed by atoms with Gasteiger partial charge < -0.3 is 0 Å². The smallest absolute Gasteiger partial charge is 0.283 e. The van der Waals surface area contributed by atoms with Crippen LogP contribution in [0.5, 0.6) is 0 Å². The summed E-state index contributed by atoms with van der Waals surface area (Å²) in [5.41, 5.74) is 0.748. The van der Waals surface area contributed by atoms with Gasteiger partial charge in [-0.2, -0.15) is 0 Å². The molecule has 0 saturated heterocycles. The van der Waals surface area contributed by atoms with Crippen LogP contribution in [0.2, 0.25) is 0 Å². The summed E-state index contributed by atoms with van der Waals surface area (Å²) in [4.78, 5) is 37.5. The SMILES string of the molecule is Cc1cc(N2C(=O)C(=O)c3ccccc3C2=O)ccc1F. The molecular formula is C16H10FNO3. The third-order valence-electron chi connectivity index (χ3n) is 3.40. The van der Waals surface area contributed by atoms with E-state index >= 15 is 0 Å². The van der Waals surface area contributed by atoms with Gasteiger partial charge in [0.2, 0.25) is 0 Å². The van der Waals surface area contributed by atoms with Crippen molar-refractivity contribution >= 4 is 23.3 Å². The zero-order valence-electron chi connectivity index (χ0n) is 11.1. The van der Waals surface area contributed by atoms with Crippen LogP contribution in [0.4, 0.5) is 10.1 Å². The summed E-state index contributed by atoms with van der Waals surface area (Å²) >= 11 is 0. The number of anilines is 1. The Bertz CT molecular complexity index is 798. The minimum absolute atomic E-state index is 0.0996. The van der Waals surface area contributed by atoms with Crippen molar-refractivity contribution in [2.75, 3.05) is 4.90 Å². The van der Waals surface area contributed by atoms with Crippen molar-refractivity contribution in [3.8, 4) is 0 Å². The fourth-order valence-corrected chi connectivity index (χ4v) is 2.30. The van der Waals surface area contributed by atoms with Crippen molar-refractivity contribution in [2.24, 2.45) is 0 Å². The molecule has 0 aliphatic carbocycles. The van der Waals surface area contributed by atoms with Crippen molar-refractivity contribution in [1.82, 2.24) is 0 Å². The van der Waals surface area contributed by atoms with Gasteiger partial charge >= 0.3 is 5.91 Å². The van der Waals surface area contributed by atoms with Crippen LogP contribution >= 0.6 is 0 Å². The van der Waals surface area contributed by atoms with E-state index in [1.807, 2.05) is 0 Å². The number of nitrogens with zero attached hydrogens (tertiary/aromatic N) is 1. The summed E-state index contributed by atoms with van der Waals surface area (Å²) in [7, 11) is 0. The molecule has 1 heterocycles. The normalized spacial score (nSPS) is 14.4. The topological polar surface area (TPSA) is 54.5 Å². The third-order valence-corrected chi connectivity index (χ3v) is 3.40. The van der Waals surface area contributed by atoms with E-state index in [4.69, 9.17) is 0 Å². The van der Waals surface area contributed by atoms with E-state index in [1.54, 1.807) is 12.1 Å². The first kappa shape index (κ1) is 13.2. The number of aryl methyl sites for hydroxylation is 1. The Morgan fingerprint density at radius 1 is 0.905 bits per heavy atom. The van der Waals surface area contributed by atoms with Crippen molar-refractivity contribution in [2.45, 2.75) is 6.92 Å². The average Bonchev–Trinajstić information content (AvgIpc) is 2.49. The van der Waals surface area contributed by atoms with Gasteiger partial charge in [0, 0.05) is 5.56 Å². The van der Waals surface area contributed by atoms with Crippen LogP contribution in [0.15, 0.2) is 42.5 Å². The van der Waals surface area contributed by atoms with Gasteiger partial charge in [0.1, 0.15) is 5.82 Å². The molecule has 0 saturated carbocycles. The Labute approximate surface area is 119 Å². The molecule has 4 nitrogen and oxygen atoms in total. The van der Waals surface area contributed by atoms with E-state index in [0.29, 0.717) is 5.56 Å². The number of Topliss-reactive ketones (excluding diaryl/α,β-unsaturated/α-hetero) is 1. The van der Waals surface area contributed by atoms with Gasteiger partial charge in [-0.15, -0.1) is 0 Å². The highest BCUT2D eigenvalue weighted by molar-refractivity contribution is 6.55. The van der Waals surface area contributed by atoms with E-state index in [9.17, 15) is 18.8 Å². The summed E-state index contributed by atoms with van der Waals surface area (Å²) < 4.78 is 13.3. The molecule has 3 rings (SSSR count). The maximum atomic E-state index is 13.3. The summed E-state index contributed by atoms with van der Waals surface area (Å²) in [6.07, 6.45) is 0. The molecule has 21 heavy (non-hydrogen) atoms. The number of hydrogen-bond donors (Lipinski definition) is 0. The maximum absolute atomic E-state index is 13.3. The van der Waals surface area contributed by atoms with Crippen LogP contribution in [0.1, 0.15) is 26.3 Å². The van der Waals surface area contributed by atoms with Crippen LogP contribution < -0.4 is 4.90 Å². The van der Waals surface area contributed by atoms with Crippen LogP contribution in [0.25, 0.3) is 0 Å². The summed E-state index contributed by atoms with van der Waals surface area (Å²) in [5.74, 6) is -2.69. The zero-order valence-corrected chi connectivity index (χ0v) is 11.1. The lowest BCUT2D eigenvalue weighted by Gasteiger charge is -2.25. The predicted molar refractivity (Wildman–Crippen MR) is 73.7 cm³/mol. The monoisotopic (exact) mass is 283 g/mol. The molecule has 0 N–H and O–H groups in total. The summed E-state index contributed by atoms with van der Waals surface area (Å²) in [6.45, 7) is 1.52. The molecular weight excluding hydrogens is 273 g/mol. The van der Waals surface area contributed by atoms with Gasteiger partial charge in [-0.05, 0) is 36.8 Å². The maximum Gasteiger partial charge on any atom is 0.306 e. The van der Waals surface area contributed by atoms with E-state index in [-0.39, 0.29) is 16.8 Å². The van der Waals surface area contributed by atoms with Crippen LogP contribution in [-0.2, 0) is 4.79 Å². The first-order valence-electron chi connectivity index (χ1n) is 6.29. The molecule has 1 aliphatic heterocycles. The van der Waals surface area contributed by atoms with Gasteiger partial charge in [0.05, 0.1) is 11.3 Å². The lowest BCUT2D eigenvalue weighted by molar-refractivity contribution is -0.114. The molecule has 0 radical (unpaired) electrons. The second kappa shape index (κ2) is 4.63. The Hall–Kier alpha value is -2.82. The number of imide groups is 1. The molecule has 0 atom stereocenters. The minimum Gasteiger partial charge on any atom is -0.283 e. The summed E-state index contributed by atoms with van der Waals surface area (Å²) in [5, 5.41) is 0. The third kappa shape index (κ3) is 1.94. The number of ketones is 1. The Morgan fingerprint density at radius 3 is 2.24 bits per heavy atom. The number of halogens is 1. The number of carbonyl (C=O) groups excluding carboxylic acids is 3. The zero-order chi connectivity index (χ0) is 15.1. The standard InChI is InChI=1S/C16H10FNO3/c1-9-8-10(6-7-13(9)17)18-15(20)12-5-3-2-4-11(12)14(19)16(18)21/h2-8H,1H3. The van der Waals surface area contributed by atoms with Crippen LogP contribution in [0, 0.1) is 12.7 Å². The van der Waals surface area contributed by atoms with Gasteiger partial charge in [-0.1, -0.05) is 18.2 Å². The van der Waals surface area contributed by atoms with E-state index in [0.717, 1.165) is 11.0 Å². The van der Waals surface area contributed by atoms with Gasteiger partial charge in [0.15, 0.2) is 0 Å². The van der Waals surface area contributed by atoms with E-state index < -0.39 is 23.4 Å². The first-order chi connectivity index (χ1) is 10.0. The molecule has 1 aliphatic rings. The number of rotatable bonds is 1. The highest BCUT2D eigenvalue weighted by Crippen LogP contribution is 2.26. The molecule has 0 aromatic heterocycles. The van der Waals surface area contributed by atoms with Crippen LogP contribution in [-0.4, -0.2) is 17.6 Å². The molecule has 0 bridgehead atoms. The summed E-state index contributed by atoms with van der Waals surface area (Å²) in [6, 6.07) is 9.98. The molecule has 104 valence electrons. The Morgan fingerprint density at radius 2 is 1.57 bits per heavy atom. The molecule has 0 fully saturated rings. The van der Waals surface area contributed by atoms with Crippen molar-refractivity contribution in [1.29, 1.82) is 0 Å². The van der Waals surface area contributed by atoms with Gasteiger partial charge in [0.25, 0.3) is 11.7 Å². The highest BCUT2D eigenvalue weighted by Gasteiger charge is 2.38. The first-order valence-corrected chi connectivity index (χ1v) is 6.29. The minimum atomic E-state index is -0.926. The number of fused-ring (bicyclic) bond motifs is 1. The fourth-order valence-electron chi connectivity index (χ4n) is 2.30. The molecule has 2 amide bonds.